The van der Waals surface area contributed by atoms with Gasteiger partial charge in [-0.15, -0.1) is 0 Å². The van der Waals surface area contributed by atoms with Crippen molar-refractivity contribution >= 4 is 18.1 Å². The van der Waals surface area contributed by atoms with Crippen molar-refractivity contribution < 1.29 is 14.3 Å². The molecule has 0 saturated heterocycles. The molecule has 1 rings (SSSR count). The molecule has 0 aliphatic carbocycles. The predicted molar refractivity (Wildman–Crippen MR) is 101 cm³/mol. The molecule has 0 spiro atoms. The van der Waals surface area contributed by atoms with E-state index in [2.05, 4.69) is 10.3 Å². The van der Waals surface area contributed by atoms with Gasteiger partial charge in [0, 0.05) is 6.21 Å². The number of methoxy groups -OCH3 is 1. The number of carbonyl (C=O) groups excluding carboxylic acids is 2. The number of amides is 1. The van der Waals surface area contributed by atoms with Crippen molar-refractivity contribution in [3.05, 3.63) is 35.9 Å². The van der Waals surface area contributed by atoms with Crippen LogP contribution in [0, 0.1) is 11.8 Å². The maximum absolute atomic E-state index is 12.7. The van der Waals surface area contributed by atoms with Crippen LogP contribution in [0.5, 0.6) is 0 Å². The van der Waals surface area contributed by atoms with Gasteiger partial charge in [0.25, 0.3) is 0 Å². The Morgan fingerprint density at radius 1 is 1.08 bits per heavy atom. The summed E-state index contributed by atoms with van der Waals surface area (Å²) in [7, 11) is 1.33. The normalized spacial score (nSPS) is 13.9. The zero-order valence-electron chi connectivity index (χ0n) is 15.9. The topological polar surface area (TPSA) is 67.8 Å². The third-order valence-corrected chi connectivity index (χ3v) is 3.71. The van der Waals surface area contributed by atoms with Gasteiger partial charge in [0.05, 0.1) is 7.11 Å². The van der Waals surface area contributed by atoms with Crippen LogP contribution in [0.1, 0.15) is 46.1 Å². The van der Waals surface area contributed by atoms with Crippen molar-refractivity contribution in [2.24, 2.45) is 16.8 Å². The average Bonchev–Trinajstić information content (AvgIpc) is 2.57. The minimum Gasteiger partial charge on any atom is -0.467 e. The summed E-state index contributed by atoms with van der Waals surface area (Å²) in [5, 5.41) is 2.81. The van der Waals surface area contributed by atoms with Crippen molar-refractivity contribution in [3.8, 4) is 0 Å². The first-order valence-corrected chi connectivity index (χ1v) is 8.79. The molecule has 0 saturated carbocycles. The van der Waals surface area contributed by atoms with Gasteiger partial charge < -0.3 is 10.1 Å². The lowest BCUT2D eigenvalue weighted by Gasteiger charge is -2.21. The standard InChI is InChI=1S/C20H30N2O3/c1-14(2)11-17(21-13-16-9-7-6-8-10-16)19(23)22-18(12-15(3)4)20(24)25-5/h6-10,13-15,17-18H,11-12H2,1-5H3,(H,22,23)/t17-,18-/m0/s1. The average molecular weight is 346 g/mol. The van der Waals surface area contributed by atoms with Crippen LogP contribution in [0.25, 0.3) is 0 Å². The summed E-state index contributed by atoms with van der Waals surface area (Å²) in [5.41, 5.74) is 0.941. The van der Waals surface area contributed by atoms with Crippen LogP contribution in [0.15, 0.2) is 35.3 Å². The summed E-state index contributed by atoms with van der Waals surface area (Å²) in [6.45, 7) is 8.09. The van der Waals surface area contributed by atoms with Crippen LogP contribution >= 0.6 is 0 Å². The number of hydrogen-bond acceptors (Lipinski definition) is 4. The van der Waals surface area contributed by atoms with E-state index >= 15 is 0 Å². The lowest BCUT2D eigenvalue weighted by Crippen LogP contribution is -2.46. The van der Waals surface area contributed by atoms with Gasteiger partial charge in [-0.1, -0.05) is 58.0 Å². The molecule has 138 valence electrons. The second kappa shape index (κ2) is 10.6. The molecule has 0 radical (unpaired) electrons. The Kier molecular flexibility index (Phi) is 8.89. The number of aliphatic imine (C=N–C) groups is 1. The lowest BCUT2D eigenvalue weighted by atomic mass is 10.0. The van der Waals surface area contributed by atoms with Gasteiger partial charge in [-0.2, -0.15) is 0 Å². The third-order valence-electron chi connectivity index (χ3n) is 3.71. The summed E-state index contributed by atoms with van der Waals surface area (Å²) in [5.74, 6) is -0.0829. The van der Waals surface area contributed by atoms with Gasteiger partial charge in [-0.3, -0.25) is 9.79 Å². The van der Waals surface area contributed by atoms with Crippen LogP contribution in [-0.2, 0) is 14.3 Å². The fraction of sp³-hybridized carbons (Fsp3) is 0.550. The fourth-order valence-corrected chi connectivity index (χ4v) is 2.49. The van der Waals surface area contributed by atoms with Gasteiger partial charge in [0.15, 0.2) is 0 Å². The summed E-state index contributed by atoms with van der Waals surface area (Å²) < 4.78 is 4.81. The van der Waals surface area contributed by atoms with E-state index in [1.54, 1.807) is 6.21 Å². The van der Waals surface area contributed by atoms with Crippen molar-refractivity contribution in [2.75, 3.05) is 7.11 Å². The Hall–Kier alpha value is -2.17. The third kappa shape index (κ3) is 7.96. The van der Waals surface area contributed by atoms with Gasteiger partial charge in [-0.05, 0) is 30.2 Å². The smallest absolute Gasteiger partial charge is 0.328 e. The molecule has 1 aromatic rings. The predicted octanol–water partition coefficient (Wildman–Crippen LogP) is 3.22. The molecule has 5 heteroatoms. The monoisotopic (exact) mass is 346 g/mol. The highest BCUT2D eigenvalue weighted by Gasteiger charge is 2.26. The van der Waals surface area contributed by atoms with Crippen molar-refractivity contribution in [1.82, 2.24) is 5.32 Å². The molecule has 0 fully saturated rings. The molecule has 5 nitrogen and oxygen atoms in total. The maximum atomic E-state index is 12.7. The number of nitrogens with one attached hydrogen (secondary N) is 1. The van der Waals surface area contributed by atoms with Crippen LogP contribution in [-0.4, -0.2) is 37.3 Å². The number of carbonyl (C=O) groups is 2. The molecule has 0 heterocycles. The van der Waals surface area contributed by atoms with Crippen molar-refractivity contribution in [1.29, 1.82) is 0 Å². The molecule has 0 aliphatic rings. The fourth-order valence-electron chi connectivity index (χ4n) is 2.49. The Balaban J connectivity index is 2.87. The van der Waals surface area contributed by atoms with Gasteiger partial charge in [0.2, 0.25) is 5.91 Å². The number of nitrogens with zero attached hydrogens (tertiary/aromatic N) is 1. The zero-order chi connectivity index (χ0) is 18.8. The van der Waals surface area contributed by atoms with Crippen LogP contribution in [0.2, 0.25) is 0 Å². The molecule has 0 bridgehead atoms. The minimum atomic E-state index is -0.640. The van der Waals surface area contributed by atoms with Crippen LogP contribution < -0.4 is 5.32 Å². The Bertz CT molecular complexity index is 568. The summed E-state index contributed by atoms with van der Waals surface area (Å²) >= 11 is 0. The largest absolute Gasteiger partial charge is 0.467 e. The van der Waals surface area contributed by atoms with E-state index in [0.29, 0.717) is 18.8 Å². The molecular formula is C20H30N2O3. The first kappa shape index (κ1) is 20.9. The summed E-state index contributed by atoms with van der Waals surface area (Å²) in [4.78, 5) is 29.1. The quantitative estimate of drug-likeness (QED) is 0.551. The lowest BCUT2D eigenvalue weighted by molar-refractivity contribution is -0.145. The summed E-state index contributed by atoms with van der Waals surface area (Å²) in [6.07, 6.45) is 2.86. The van der Waals surface area contributed by atoms with E-state index in [1.807, 2.05) is 58.0 Å². The molecule has 0 aromatic heterocycles. The SMILES string of the molecule is COC(=O)[C@H](CC(C)C)NC(=O)[C@H](CC(C)C)N=Cc1ccccc1. The molecule has 0 unspecified atom stereocenters. The van der Waals surface area contributed by atoms with Gasteiger partial charge in [-0.25, -0.2) is 4.79 Å². The Labute approximate surface area is 150 Å². The second-order valence-electron chi connectivity index (χ2n) is 7.05. The molecule has 0 aliphatic heterocycles. The van der Waals surface area contributed by atoms with E-state index in [1.165, 1.54) is 7.11 Å². The molecule has 2 atom stereocenters. The molecule has 1 N–H and O–H groups in total. The molecule has 25 heavy (non-hydrogen) atoms. The maximum Gasteiger partial charge on any atom is 0.328 e. The highest BCUT2D eigenvalue weighted by molar-refractivity contribution is 5.89. The Morgan fingerprint density at radius 2 is 1.68 bits per heavy atom. The first-order valence-electron chi connectivity index (χ1n) is 8.79. The number of rotatable bonds is 9. The number of esters is 1. The van der Waals surface area contributed by atoms with E-state index in [4.69, 9.17) is 4.74 Å². The van der Waals surface area contributed by atoms with Crippen molar-refractivity contribution in [2.45, 2.75) is 52.6 Å². The molecule has 1 amide bonds. The number of hydrogen-bond donors (Lipinski definition) is 1. The first-order chi connectivity index (χ1) is 11.8. The minimum absolute atomic E-state index is 0.239. The summed E-state index contributed by atoms with van der Waals surface area (Å²) in [6, 6.07) is 8.48. The zero-order valence-corrected chi connectivity index (χ0v) is 15.9. The van der Waals surface area contributed by atoms with Crippen LogP contribution in [0.4, 0.5) is 0 Å². The van der Waals surface area contributed by atoms with Gasteiger partial charge in [0.1, 0.15) is 12.1 Å². The van der Waals surface area contributed by atoms with Gasteiger partial charge >= 0.3 is 5.97 Å². The van der Waals surface area contributed by atoms with E-state index in [9.17, 15) is 9.59 Å². The van der Waals surface area contributed by atoms with E-state index in [-0.39, 0.29) is 11.8 Å². The number of ether oxygens (including phenoxy) is 1. The number of benzene rings is 1. The van der Waals surface area contributed by atoms with Crippen LogP contribution in [0.3, 0.4) is 0 Å². The van der Waals surface area contributed by atoms with E-state index in [0.717, 1.165) is 5.56 Å². The molecular weight excluding hydrogens is 316 g/mol. The highest BCUT2D eigenvalue weighted by Crippen LogP contribution is 2.12. The van der Waals surface area contributed by atoms with E-state index < -0.39 is 18.1 Å². The highest BCUT2D eigenvalue weighted by atomic mass is 16.5. The van der Waals surface area contributed by atoms with Crippen molar-refractivity contribution in [3.63, 3.8) is 0 Å². The molecule has 1 aromatic carbocycles. The second-order valence-corrected chi connectivity index (χ2v) is 7.05. The Morgan fingerprint density at radius 3 is 2.20 bits per heavy atom.